The van der Waals surface area contributed by atoms with Gasteiger partial charge in [-0.3, -0.25) is 4.79 Å². The van der Waals surface area contributed by atoms with E-state index in [1.807, 2.05) is 17.9 Å². The molecule has 1 amide bonds. The van der Waals surface area contributed by atoms with Crippen LogP contribution in [0.3, 0.4) is 0 Å². The van der Waals surface area contributed by atoms with Gasteiger partial charge in [-0.2, -0.15) is 0 Å². The Bertz CT molecular complexity index is 242. The summed E-state index contributed by atoms with van der Waals surface area (Å²) in [7, 11) is 0. The third-order valence-electron chi connectivity index (χ3n) is 3.05. The van der Waals surface area contributed by atoms with Crippen molar-refractivity contribution in [3.8, 4) is 0 Å². The minimum absolute atomic E-state index is 0.130. The lowest BCUT2D eigenvalue weighted by atomic mass is 10.0. The van der Waals surface area contributed by atoms with Crippen LogP contribution in [-0.2, 0) is 4.79 Å². The highest BCUT2D eigenvalue weighted by Gasteiger charge is 2.20. The maximum atomic E-state index is 11.9. The van der Waals surface area contributed by atoms with Crippen LogP contribution >= 0.6 is 0 Å². The molecule has 16 heavy (non-hydrogen) atoms. The van der Waals surface area contributed by atoms with Crippen LogP contribution in [0.4, 0.5) is 0 Å². The van der Waals surface area contributed by atoms with Crippen LogP contribution in [0.1, 0.15) is 40.0 Å². The van der Waals surface area contributed by atoms with Crippen molar-refractivity contribution >= 4 is 5.91 Å². The van der Waals surface area contributed by atoms with Crippen LogP contribution in [0.5, 0.6) is 0 Å². The van der Waals surface area contributed by atoms with Gasteiger partial charge < -0.3 is 10.2 Å². The molecule has 1 unspecified atom stereocenters. The molecule has 1 aliphatic rings. The number of nitrogens with one attached hydrogen (secondary N) is 1. The molecule has 0 aromatic heterocycles. The van der Waals surface area contributed by atoms with E-state index in [4.69, 9.17) is 0 Å². The molecule has 1 aliphatic heterocycles. The van der Waals surface area contributed by atoms with E-state index in [0.29, 0.717) is 6.04 Å². The molecule has 0 aliphatic carbocycles. The van der Waals surface area contributed by atoms with Crippen LogP contribution in [0.25, 0.3) is 0 Å². The van der Waals surface area contributed by atoms with Crippen molar-refractivity contribution in [1.29, 1.82) is 0 Å². The molecule has 0 spiro atoms. The van der Waals surface area contributed by atoms with E-state index in [2.05, 4.69) is 19.2 Å². The van der Waals surface area contributed by atoms with Crippen molar-refractivity contribution in [3.63, 3.8) is 0 Å². The third-order valence-corrected chi connectivity index (χ3v) is 3.05. The van der Waals surface area contributed by atoms with Gasteiger partial charge in [0.2, 0.25) is 5.91 Å². The lowest BCUT2D eigenvalue weighted by Gasteiger charge is -2.32. The number of hydrogen-bond acceptors (Lipinski definition) is 2. The van der Waals surface area contributed by atoms with Crippen LogP contribution in [-0.4, -0.2) is 36.0 Å². The van der Waals surface area contributed by atoms with Gasteiger partial charge >= 0.3 is 0 Å². The minimum Gasteiger partial charge on any atom is -0.335 e. The zero-order chi connectivity index (χ0) is 12.0. The quantitative estimate of drug-likeness (QED) is 0.740. The second-order valence-electron chi connectivity index (χ2n) is 4.73. The molecule has 0 bridgehead atoms. The van der Waals surface area contributed by atoms with Gasteiger partial charge in [0.15, 0.2) is 0 Å². The van der Waals surface area contributed by atoms with E-state index >= 15 is 0 Å². The highest BCUT2D eigenvalue weighted by Crippen LogP contribution is 2.10. The van der Waals surface area contributed by atoms with Crippen molar-refractivity contribution in [1.82, 2.24) is 10.2 Å². The summed E-state index contributed by atoms with van der Waals surface area (Å²) in [4.78, 5) is 13.8. The third kappa shape index (κ3) is 3.97. The standard InChI is InChI=1S/C13H24N2O/c1-4-7-13(16)15(11(2)3)10-12-8-5-6-9-14-12/h4,7,11-12,14H,5-6,8-10H2,1-3H3/b7-4+. The fourth-order valence-corrected chi connectivity index (χ4v) is 2.11. The number of rotatable bonds is 4. The SMILES string of the molecule is C/C=C/C(=O)N(CC1CCCCN1)C(C)C. The predicted octanol–water partition coefficient (Wildman–Crippen LogP) is 1.94. The lowest BCUT2D eigenvalue weighted by Crippen LogP contribution is -2.47. The molecule has 0 radical (unpaired) electrons. The van der Waals surface area contributed by atoms with Crippen molar-refractivity contribution < 1.29 is 4.79 Å². The Morgan fingerprint density at radius 3 is 2.75 bits per heavy atom. The van der Waals surface area contributed by atoms with Crippen LogP contribution < -0.4 is 5.32 Å². The smallest absolute Gasteiger partial charge is 0.246 e. The van der Waals surface area contributed by atoms with Crippen molar-refractivity contribution in [2.75, 3.05) is 13.1 Å². The summed E-state index contributed by atoms with van der Waals surface area (Å²) in [6, 6.07) is 0.748. The monoisotopic (exact) mass is 224 g/mol. The highest BCUT2D eigenvalue weighted by molar-refractivity contribution is 5.87. The number of carbonyl (C=O) groups excluding carboxylic acids is 1. The van der Waals surface area contributed by atoms with Crippen LogP contribution in [0.15, 0.2) is 12.2 Å². The Hall–Kier alpha value is -0.830. The molecule has 3 nitrogen and oxygen atoms in total. The average molecular weight is 224 g/mol. The second kappa shape index (κ2) is 6.69. The molecule has 1 N–H and O–H groups in total. The van der Waals surface area contributed by atoms with Crippen molar-refractivity contribution in [2.45, 2.75) is 52.1 Å². The lowest BCUT2D eigenvalue weighted by molar-refractivity contribution is -0.128. The van der Waals surface area contributed by atoms with E-state index in [0.717, 1.165) is 13.1 Å². The number of hydrogen-bond donors (Lipinski definition) is 1. The molecule has 3 heteroatoms. The largest absolute Gasteiger partial charge is 0.335 e. The maximum Gasteiger partial charge on any atom is 0.246 e. The summed E-state index contributed by atoms with van der Waals surface area (Å²) in [6.07, 6.45) is 7.20. The first-order chi connectivity index (χ1) is 7.65. The fraction of sp³-hybridized carbons (Fsp3) is 0.769. The Morgan fingerprint density at radius 1 is 1.50 bits per heavy atom. The fourth-order valence-electron chi connectivity index (χ4n) is 2.11. The molecule has 0 aromatic carbocycles. The van der Waals surface area contributed by atoms with Gasteiger partial charge in [-0.05, 0) is 46.2 Å². The van der Waals surface area contributed by atoms with Gasteiger partial charge in [0.1, 0.15) is 0 Å². The van der Waals surface area contributed by atoms with E-state index in [9.17, 15) is 4.79 Å². The van der Waals surface area contributed by atoms with E-state index in [-0.39, 0.29) is 11.9 Å². The molecule has 1 saturated heterocycles. The zero-order valence-electron chi connectivity index (χ0n) is 10.7. The summed E-state index contributed by atoms with van der Waals surface area (Å²) in [5.41, 5.74) is 0. The molecule has 1 fully saturated rings. The van der Waals surface area contributed by atoms with Gasteiger partial charge in [-0.1, -0.05) is 12.5 Å². The topological polar surface area (TPSA) is 32.3 Å². The van der Waals surface area contributed by atoms with Gasteiger partial charge in [0, 0.05) is 18.6 Å². The Balaban J connectivity index is 2.52. The van der Waals surface area contributed by atoms with Gasteiger partial charge in [-0.15, -0.1) is 0 Å². The number of piperidine rings is 1. The first-order valence-corrected chi connectivity index (χ1v) is 6.31. The summed E-state index contributed by atoms with van der Waals surface area (Å²) in [5.74, 6) is 0.130. The molecule has 1 rings (SSSR count). The number of carbonyl (C=O) groups is 1. The molecule has 0 aromatic rings. The molecule has 1 heterocycles. The first kappa shape index (κ1) is 13.2. The minimum atomic E-state index is 0.130. The zero-order valence-corrected chi connectivity index (χ0v) is 10.7. The van der Waals surface area contributed by atoms with Crippen LogP contribution in [0.2, 0.25) is 0 Å². The van der Waals surface area contributed by atoms with E-state index < -0.39 is 0 Å². The Kier molecular flexibility index (Phi) is 5.53. The van der Waals surface area contributed by atoms with Gasteiger partial charge in [0.05, 0.1) is 0 Å². The summed E-state index contributed by atoms with van der Waals surface area (Å²) < 4.78 is 0. The summed E-state index contributed by atoms with van der Waals surface area (Å²) in [5, 5.41) is 3.48. The van der Waals surface area contributed by atoms with Crippen molar-refractivity contribution in [2.24, 2.45) is 0 Å². The van der Waals surface area contributed by atoms with E-state index in [1.165, 1.54) is 19.3 Å². The van der Waals surface area contributed by atoms with Gasteiger partial charge in [0.25, 0.3) is 0 Å². The number of allylic oxidation sites excluding steroid dienone is 1. The number of nitrogens with zero attached hydrogens (tertiary/aromatic N) is 1. The summed E-state index contributed by atoms with van der Waals surface area (Å²) >= 11 is 0. The average Bonchev–Trinajstić information content (AvgIpc) is 2.27. The van der Waals surface area contributed by atoms with Crippen molar-refractivity contribution in [3.05, 3.63) is 12.2 Å². The molecule has 1 atom stereocenters. The number of amides is 1. The summed E-state index contributed by atoms with van der Waals surface area (Å²) in [6.45, 7) is 7.96. The maximum absolute atomic E-state index is 11.9. The normalized spacial score (nSPS) is 21.6. The van der Waals surface area contributed by atoms with Gasteiger partial charge in [-0.25, -0.2) is 0 Å². The highest BCUT2D eigenvalue weighted by atomic mass is 16.2. The Labute approximate surface area is 98.9 Å². The molecule has 92 valence electrons. The predicted molar refractivity (Wildman–Crippen MR) is 67.3 cm³/mol. The second-order valence-corrected chi connectivity index (χ2v) is 4.73. The molecule has 0 saturated carbocycles. The Morgan fingerprint density at radius 2 is 2.25 bits per heavy atom. The molecular weight excluding hydrogens is 200 g/mol. The first-order valence-electron chi connectivity index (χ1n) is 6.31. The van der Waals surface area contributed by atoms with Crippen LogP contribution in [0, 0.1) is 0 Å². The van der Waals surface area contributed by atoms with E-state index in [1.54, 1.807) is 6.08 Å². The molecular formula is C13H24N2O.